The topological polar surface area (TPSA) is 119 Å². The van der Waals surface area contributed by atoms with Crippen LogP contribution in [-0.4, -0.2) is 54.2 Å². The van der Waals surface area contributed by atoms with Crippen molar-refractivity contribution in [1.29, 1.82) is 0 Å². The van der Waals surface area contributed by atoms with E-state index < -0.39 is 10.0 Å². The summed E-state index contributed by atoms with van der Waals surface area (Å²) in [6.45, 7) is 21.4. The Bertz CT molecular complexity index is 1990. The van der Waals surface area contributed by atoms with Crippen molar-refractivity contribution in [3.05, 3.63) is 77.4 Å². The molecule has 1 unspecified atom stereocenters. The summed E-state index contributed by atoms with van der Waals surface area (Å²) in [5, 5.41) is 0. The van der Waals surface area contributed by atoms with Crippen LogP contribution in [0, 0.1) is 30.6 Å². The van der Waals surface area contributed by atoms with E-state index in [-0.39, 0.29) is 39.6 Å². The number of anilines is 2. The lowest BCUT2D eigenvalue weighted by Crippen LogP contribution is -2.28. The van der Waals surface area contributed by atoms with Crippen molar-refractivity contribution in [3.8, 4) is 22.9 Å². The number of nitrogens with one attached hydrogen (secondary N) is 1. The van der Waals surface area contributed by atoms with Crippen LogP contribution in [0.5, 0.6) is 11.6 Å². The van der Waals surface area contributed by atoms with Crippen LogP contribution >= 0.6 is 0 Å². The molecule has 51 heavy (non-hydrogen) atoms. The van der Waals surface area contributed by atoms with Crippen LogP contribution in [0.15, 0.2) is 59.8 Å². The molecule has 0 amide bonds. The first-order valence-electron chi connectivity index (χ1n) is 17.9. The maximum Gasteiger partial charge on any atom is 0.264 e. The summed E-state index contributed by atoms with van der Waals surface area (Å²) in [6, 6.07) is 13.0. The van der Waals surface area contributed by atoms with Gasteiger partial charge in [0, 0.05) is 36.6 Å². The number of hydrogen-bond acceptors (Lipinski definition) is 9. The Hall–Kier alpha value is -4.25. The smallest absolute Gasteiger partial charge is 0.264 e. The van der Waals surface area contributed by atoms with Gasteiger partial charge in [-0.05, 0) is 86.6 Å². The Labute approximate surface area is 303 Å². The highest BCUT2D eigenvalue weighted by atomic mass is 32.2. The zero-order valence-corrected chi connectivity index (χ0v) is 32.3. The Morgan fingerprint density at radius 1 is 1.06 bits per heavy atom. The van der Waals surface area contributed by atoms with Crippen molar-refractivity contribution in [1.82, 2.24) is 19.9 Å². The van der Waals surface area contributed by atoms with Crippen molar-refractivity contribution in [2.24, 2.45) is 16.7 Å². The Morgan fingerprint density at radius 2 is 1.78 bits per heavy atom. The number of ether oxygens (including phenoxy) is 2. The van der Waals surface area contributed by atoms with E-state index in [0.29, 0.717) is 41.7 Å². The molecule has 2 aromatic carbocycles. The first-order chi connectivity index (χ1) is 24.0. The van der Waals surface area contributed by atoms with Gasteiger partial charge in [-0.25, -0.2) is 28.1 Å². The van der Waals surface area contributed by atoms with E-state index in [4.69, 9.17) is 24.4 Å². The quantitative estimate of drug-likeness (QED) is 0.203. The lowest BCUT2D eigenvalue weighted by molar-refractivity contribution is 0.165. The summed E-state index contributed by atoms with van der Waals surface area (Å²) in [6.07, 6.45) is 6.23. The fraction of sp³-hybridized carbons (Fsp3) is 0.500. The van der Waals surface area contributed by atoms with Crippen LogP contribution in [0.1, 0.15) is 89.7 Å². The van der Waals surface area contributed by atoms with Gasteiger partial charge in [0.1, 0.15) is 11.6 Å². The predicted molar refractivity (Wildman–Crippen MR) is 202 cm³/mol. The molecule has 1 fully saturated rings. The monoisotopic (exact) mass is 712 g/mol. The molecule has 272 valence electrons. The van der Waals surface area contributed by atoms with Crippen molar-refractivity contribution in [3.63, 3.8) is 0 Å². The normalized spacial score (nSPS) is 19.8. The zero-order valence-electron chi connectivity index (χ0n) is 31.4. The number of aromatic nitrogens is 4. The largest absolute Gasteiger partial charge is 0.490 e. The van der Waals surface area contributed by atoms with E-state index in [9.17, 15) is 8.42 Å². The molecular weight excluding hydrogens is 661 g/mol. The molecule has 0 saturated carbocycles. The number of benzene rings is 2. The average Bonchev–Trinajstić information content (AvgIpc) is 3.42. The molecule has 0 radical (unpaired) electrons. The van der Waals surface area contributed by atoms with E-state index in [1.165, 1.54) is 0 Å². The van der Waals surface area contributed by atoms with Crippen LogP contribution < -0.4 is 19.1 Å². The molecular formula is C40H52N6O4S. The minimum absolute atomic E-state index is 0.0300. The van der Waals surface area contributed by atoms with Crippen molar-refractivity contribution >= 4 is 21.7 Å². The number of rotatable bonds is 7. The fourth-order valence-corrected chi connectivity index (χ4v) is 8.30. The SMILES string of the molecule is Cc1cccc(OC(C)C)c1-c1nc2nc(c1C)OC[C@@H](CC(C)(C)C)C(Cc1ncc(N3CCC(C)(C)C3)cn1)c1cccc(c1)S(=O)(=O)N2. The molecule has 4 heterocycles. The standard InChI is InChI=1S/C40H52N6O4S/c1-25(2)50-33-15-10-12-26(3)35(33)36-27(4)37-44-38(43-36)45-51(47,48)31-14-11-13-28(18-31)32(29(23-49-37)20-39(5,6)7)19-34-41-21-30(22-42-34)46-17-16-40(8,9)24-46/h10-15,18,21-22,25,29,32H,16-17,19-20,23-24H2,1-9H3,(H,43,44,45)/t29-,32?/m1/s1. The van der Waals surface area contributed by atoms with Crippen LogP contribution in [0.2, 0.25) is 0 Å². The summed E-state index contributed by atoms with van der Waals surface area (Å²) in [7, 11) is -4.07. The molecule has 2 aromatic heterocycles. The Balaban J connectivity index is 1.44. The third-order valence-corrected chi connectivity index (χ3v) is 11.1. The highest BCUT2D eigenvalue weighted by Gasteiger charge is 2.33. The van der Waals surface area contributed by atoms with Gasteiger partial charge in [0.2, 0.25) is 11.8 Å². The molecule has 2 atom stereocenters. The van der Waals surface area contributed by atoms with Crippen molar-refractivity contribution in [2.45, 2.75) is 98.5 Å². The molecule has 10 nitrogen and oxygen atoms in total. The molecule has 4 bridgehead atoms. The number of aryl methyl sites for hydroxylation is 1. The van der Waals surface area contributed by atoms with E-state index in [1.807, 2.05) is 64.4 Å². The van der Waals surface area contributed by atoms with Gasteiger partial charge >= 0.3 is 0 Å². The number of fused-ring (bicyclic) bond motifs is 4. The predicted octanol–water partition coefficient (Wildman–Crippen LogP) is 8.15. The molecule has 6 rings (SSSR count). The highest BCUT2D eigenvalue weighted by molar-refractivity contribution is 7.92. The lowest BCUT2D eigenvalue weighted by atomic mass is 9.75. The van der Waals surface area contributed by atoms with Gasteiger partial charge in [0.05, 0.1) is 41.4 Å². The molecule has 11 heteroatoms. The second-order valence-corrected chi connectivity index (χ2v) is 18.1. The van der Waals surface area contributed by atoms with Gasteiger partial charge in [0.15, 0.2) is 0 Å². The van der Waals surface area contributed by atoms with E-state index >= 15 is 0 Å². The van der Waals surface area contributed by atoms with Gasteiger partial charge in [-0.1, -0.05) is 58.9 Å². The van der Waals surface area contributed by atoms with Crippen LogP contribution in [0.25, 0.3) is 11.3 Å². The molecule has 2 aliphatic rings. The Kier molecular flexibility index (Phi) is 10.1. The third kappa shape index (κ3) is 8.46. The highest BCUT2D eigenvalue weighted by Crippen LogP contribution is 2.41. The number of nitrogens with zero attached hydrogens (tertiary/aromatic N) is 5. The zero-order chi connectivity index (χ0) is 36.7. The summed E-state index contributed by atoms with van der Waals surface area (Å²) in [4.78, 5) is 21.6. The fourth-order valence-electron chi connectivity index (χ4n) is 7.31. The van der Waals surface area contributed by atoms with Gasteiger partial charge < -0.3 is 14.4 Å². The molecule has 1 N–H and O–H groups in total. The second-order valence-electron chi connectivity index (χ2n) is 16.5. The lowest BCUT2D eigenvalue weighted by Gasteiger charge is -2.33. The molecule has 2 aliphatic heterocycles. The third-order valence-electron chi connectivity index (χ3n) is 9.77. The maximum atomic E-state index is 14.0. The minimum Gasteiger partial charge on any atom is -0.490 e. The molecule has 1 saturated heterocycles. The van der Waals surface area contributed by atoms with E-state index in [2.05, 4.69) is 49.2 Å². The first-order valence-corrected chi connectivity index (χ1v) is 19.4. The number of hydrogen-bond donors (Lipinski definition) is 1. The van der Waals surface area contributed by atoms with Crippen molar-refractivity contribution < 1.29 is 17.9 Å². The second kappa shape index (κ2) is 14.1. The average molecular weight is 713 g/mol. The number of sulfonamides is 1. The van der Waals surface area contributed by atoms with Gasteiger partial charge in [-0.15, -0.1) is 0 Å². The van der Waals surface area contributed by atoms with Crippen LogP contribution in [0.4, 0.5) is 11.6 Å². The molecule has 0 spiro atoms. The molecule has 4 aromatic rings. The maximum absolute atomic E-state index is 14.0. The first kappa shape index (κ1) is 36.5. The van der Waals surface area contributed by atoms with E-state index in [1.54, 1.807) is 18.2 Å². The Morgan fingerprint density at radius 3 is 2.45 bits per heavy atom. The minimum atomic E-state index is -4.07. The van der Waals surface area contributed by atoms with Gasteiger partial charge in [0.25, 0.3) is 10.0 Å². The van der Waals surface area contributed by atoms with Crippen molar-refractivity contribution in [2.75, 3.05) is 29.3 Å². The summed E-state index contributed by atoms with van der Waals surface area (Å²) >= 11 is 0. The van der Waals surface area contributed by atoms with Crippen LogP contribution in [-0.2, 0) is 16.4 Å². The molecule has 0 aliphatic carbocycles. The summed E-state index contributed by atoms with van der Waals surface area (Å²) in [5.41, 5.74) is 5.09. The van der Waals surface area contributed by atoms with Gasteiger partial charge in [-0.3, -0.25) is 0 Å². The van der Waals surface area contributed by atoms with E-state index in [0.717, 1.165) is 48.3 Å². The van der Waals surface area contributed by atoms with Gasteiger partial charge in [-0.2, -0.15) is 4.98 Å². The summed E-state index contributed by atoms with van der Waals surface area (Å²) < 4.78 is 43.5. The summed E-state index contributed by atoms with van der Waals surface area (Å²) in [5.74, 6) is 1.46. The van der Waals surface area contributed by atoms with Crippen LogP contribution in [0.3, 0.4) is 0 Å².